The minimum Gasteiger partial charge on any atom is -0.491 e. The number of anilines is 1. The number of hydrogen-bond donors (Lipinski definition) is 1. The average molecular weight is 486 g/mol. The lowest BCUT2D eigenvalue weighted by Gasteiger charge is -2.36. The molecule has 1 N–H and O–H groups in total. The van der Waals surface area contributed by atoms with Gasteiger partial charge in [0, 0.05) is 51.8 Å². The molecule has 0 aliphatic carbocycles. The zero-order chi connectivity index (χ0) is 25.7. The molecule has 0 fully saturated rings. The largest absolute Gasteiger partial charge is 0.491 e. The number of amides is 3. The van der Waals surface area contributed by atoms with E-state index in [1.807, 2.05) is 13.8 Å². The van der Waals surface area contributed by atoms with Gasteiger partial charge in [-0.15, -0.1) is 0 Å². The number of carbonyl (C=O) groups is 3. The fraction of sp³-hybridized carbons (Fsp3) is 0.423. The van der Waals surface area contributed by atoms with Crippen molar-refractivity contribution in [2.24, 2.45) is 5.92 Å². The second-order valence-corrected chi connectivity index (χ2v) is 8.93. The number of hydrogen-bond acceptors (Lipinski definition) is 5. The molecule has 3 atom stereocenters. The molecular formula is C26H32FN3O5. The summed E-state index contributed by atoms with van der Waals surface area (Å²) in [5, 5.41) is 2.69. The highest BCUT2D eigenvalue weighted by atomic mass is 19.1. The molecule has 0 spiro atoms. The molecule has 0 bridgehead atoms. The number of halogens is 1. The van der Waals surface area contributed by atoms with Crippen LogP contribution in [0.4, 0.5) is 10.1 Å². The van der Waals surface area contributed by atoms with Crippen LogP contribution in [0.1, 0.15) is 41.5 Å². The van der Waals surface area contributed by atoms with Crippen LogP contribution in [-0.2, 0) is 9.53 Å². The SMILES string of the molecule is CO[C@H]1CN(C)C(=O)c2ccc(NC(C)=O)cc2OC[C@@H](C)N(C(=O)c2ccccc2F)C[C@@H]1C. The topological polar surface area (TPSA) is 88.2 Å². The molecule has 1 aliphatic rings. The molecule has 3 rings (SSSR count). The van der Waals surface area contributed by atoms with Crippen molar-refractivity contribution in [1.29, 1.82) is 0 Å². The van der Waals surface area contributed by atoms with Gasteiger partial charge in [-0.3, -0.25) is 14.4 Å². The molecule has 0 saturated carbocycles. The van der Waals surface area contributed by atoms with E-state index in [1.54, 1.807) is 48.2 Å². The summed E-state index contributed by atoms with van der Waals surface area (Å²) in [7, 11) is 3.23. The third-order valence-electron chi connectivity index (χ3n) is 6.13. The Morgan fingerprint density at radius 1 is 1.14 bits per heavy atom. The van der Waals surface area contributed by atoms with Gasteiger partial charge in [-0.25, -0.2) is 4.39 Å². The van der Waals surface area contributed by atoms with Crippen LogP contribution in [0.5, 0.6) is 5.75 Å². The first-order valence-corrected chi connectivity index (χ1v) is 11.5. The number of fused-ring (bicyclic) bond motifs is 1. The average Bonchev–Trinajstić information content (AvgIpc) is 2.82. The lowest BCUT2D eigenvalue weighted by Crippen LogP contribution is -2.48. The van der Waals surface area contributed by atoms with Crippen molar-refractivity contribution in [3.63, 3.8) is 0 Å². The van der Waals surface area contributed by atoms with Crippen molar-refractivity contribution in [3.05, 3.63) is 59.4 Å². The molecule has 9 heteroatoms. The third-order valence-corrected chi connectivity index (χ3v) is 6.13. The molecule has 8 nitrogen and oxygen atoms in total. The van der Waals surface area contributed by atoms with Crippen LogP contribution in [0.25, 0.3) is 0 Å². The van der Waals surface area contributed by atoms with Gasteiger partial charge in [-0.1, -0.05) is 19.1 Å². The number of nitrogens with one attached hydrogen (secondary N) is 1. The molecule has 2 aromatic rings. The summed E-state index contributed by atoms with van der Waals surface area (Å²) in [6.07, 6.45) is -0.366. The van der Waals surface area contributed by atoms with E-state index < -0.39 is 17.8 Å². The molecule has 0 radical (unpaired) electrons. The van der Waals surface area contributed by atoms with E-state index in [0.29, 0.717) is 11.3 Å². The first kappa shape index (κ1) is 26.2. The lowest BCUT2D eigenvalue weighted by molar-refractivity contribution is -0.114. The Bertz CT molecular complexity index is 1090. The number of benzene rings is 2. The molecular weight excluding hydrogens is 453 g/mol. The van der Waals surface area contributed by atoms with E-state index in [0.717, 1.165) is 0 Å². The van der Waals surface area contributed by atoms with Gasteiger partial charge in [-0.05, 0) is 31.2 Å². The van der Waals surface area contributed by atoms with Crippen molar-refractivity contribution in [2.45, 2.75) is 32.9 Å². The predicted molar refractivity (Wildman–Crippen MR) is 130 cm³/mol. The van der Waals surface area contributed by atoms with Crippen molar-refractivity contribution in [2.75, 3.05) is 39.2 Å². The maximum absolute atomic E-state index is 14.5. The zero-order valence-corrected chi connectivity index (χ0v) is 20.7. The van der Waals surface area contributed by atoms with Crippen molar-refractivity contribution in [1.82, 2.24) is 9.80 Å². The van der Waals surface area contributed by atoms with E-state index >= 15 is 0 Å². The van der Waals surface area contributed by atoms with Crippen LogP contribution in [0.2, 0.25) is 0 Å². The number of rotatable bonds is 3. The zero-order valence-electron chi connectivity index (χ0n) is 20.7. The highest BCUT2D eigenvalue weighted by Crippen LogP contribution is 2.27. The van der Waals surface area contributed by atoms with Gasteiger partial charge in [0.2, 0.25) is 5.91 Å². The van der Waals surface area contributed by atoms with Gasteiger partial charge in [0.05, 0.1) is 23.3 Å². The number of methoxy groups -OCH3 is 1. The number of carbonyl (C=O) groups excluding carboxylic acids is 3. The highest BCUT2D eigenvalue weighted by Gasteiger charge is 2.31. The van der Waals surface area contributed by atoms with E-state index in [-0.39, 0.29) is 54.8 Å². The molecule has 188 valence electrons. The minimum absolute atomic E-state index is 0.0201. The summed E-state index contributed by atoms with van der Waals surface area (Å²) >= 11 is 0. The molecule has 35 heavy (non-hydrogen) atoms. The number of nitrogens with zero attached hydrogens (tertiary/aromatic N) is 2. The maximum Gasteiger partial charge on any atom is 0.257 e. The van der Waals surface area contributed by atoms with Gasteiger partial charge in [-0.2, -0.15) is 0 Å². The monoisotopic (exact) mass is 485 g/mol. The minimum atomic E-state index is -0.594. The molecule has 3 amide bonds. The van der Waals surface area contributed by atoms with Gasteiger partial charge in [0.25, 0.3) is 11.8 Å². The Morgan fingerprint density at radius 2 is 1.86 bits per heavy atom. The Kier molecular flexibility index (Phi) is 8.45. The van der Waals surface area contributed by atoms with Crippen molar-refractivity contribution in [3.8, 4) is 5.75 Å². The quantitative estimate of drug-likeness (QED) is 0.720. The van der Waals surface area contributed by atoms with Crippen LogP contribution >= 0.6 is 0 Å². The molecule has 0 saturated heterocycles. The van der Waals surface area contributed by atoms with Gasteiger partial charge in [0.15, 0.2) is 0 Å². The van der Waals surface area contributed by atoms with Crippen LogP contribution in [0.3, 0.4) is 0 Å². The fourth-order valence-electron chi connectivity index (χ4n) is 4.13. The molecule has 0 aromatic heterocycles. The normalized spacial score (nSPS) is 21.3. The second-order valence-electron chi connectivity index (χ2n) is 8.93. The Labute approximate surface area is 205 Å². The smallest absolute Gasteiger partial charge is 0.257 e. The predicted octanol–water partition coefficient (Wildman–Crippen LogP) is 3.43. The van der Waals surface area contributed by atoms with Gasteiger partial charge in [0.1, 0.15) is 18.2 Å². The van der Waals surface area contributed by atoms with E-state index in [9.17, 15) is 18.8 Å². The molecule has 1 heterocycles. The Hall–Kier alpha value is -3.46. The summed E-state index contributed by atoms with van der Waals surface area (Å²) < 4.78 is 26.2. The molecule has 0 unspecified atom stereocenters. The lowest BCUT2D eigenvalue weighted by atomic mass is 10.0. The van der Waals surface area contributed by atoms with Gasteiger partial charge >= 0.3 is 0 Å². The standard InChI is InChI=1S/C26H32FN3O5/c1-16-13-30(26(33)20-8-6-7-9-22(20)27)17(2)15-35-23-12-19(28-18(3)31)10-11-21(23)25(32)29(4)14-24(16)34-5/h6-12,16-17,24H,13-15H2,1-5H3,(H,28,31)/t16-,17+,24-/m0/s1. The second kappa shape index (κ2) is 11.3. The Morgan fingerprint density at radius 3 is 2.51 bits per heavy atom. The first-order valence-electron chi connectivity index (χ1n) is 11.5. The molecule has 1 aliphatic heterocycles. The van der Waals surface area contributed by atoms with Crippen molar-refractivity contribution >= 4 is 23.4 Å². The maximum atomic E-state index is 14.5. The summed E-state index contributed by atoms with van der Waals surface area (Å²) in [5.74, 6) is -1.43. The van der Waals surface area contributed by atoms with E-state index in [2.05, 4.69) is 5.32 Å². The Balaban J connectivity index is 2.02. The first-order chi connectivity index (χ1) is 16.6. The molecule has 2 aromatic carbocycles. The van der Waals surface area contributed by atoms with E-state index in [4.69, 9.17) is 9.47 Å². The van der Waals surface area contributed by atoms with Crippen LogP contribution in [-0.4, -0.2) is 73.5 Å². The number of ether oxygens (including phenoxy) is 2. The highest BCUT2D eigenvalue weighted by molar-refractivity contribution is 5.98. The van der Waals surface area contributed by atoms with Gasteiger partial charge < -0.3 is 24.6 Å². The fourth-order valence-corrected chi connectivity index (χ4v) is 4.13. The number of likely N-dealkylation sites (N-methyl/N-ethyl adjacent to an activating group) is 1. The summed E-state index contributed by atoms with van der Waals surface area (Å²) in [6, 6.07) is 10.2. The van der Waals surface area contributed by atoms with Crippen LogP contribution < -0.4 is 10.1 Å². The summed E-state index contributed by atoms with van der Waals surface area (Å²) in [4.78, 5) is 41.3. The van der Waals surface area contributed by atoms with E-state index in [1.165, 1.54) is 25.1 Å². The van der Waals surface area contributed by atoms with Crippen molar-refractivity contribution < 1.29 is 28.2 Å². The third kappa shape index (κ3) is 6.16. The van der Waals surface area contributed by atoms with Crippen LogP contribution in [0.15, 0.2) is 42.5 Å². The van der Waals surface area contributed by atoms with Crippen LogP contribution in [0, 0.1) is 11.7 Å². The summed E-state index contributed by atoms with van der Waals surface area (Å²) in [6.45, 7) is 5.74. The summed E-state index contributed by atoms with van der Waals surface area (Å²) in [5.41, 5.74) is 0.784.